The number of rotatable bonds is 4. The molecular formula is C8H15NO4. The molecule has 0 rings (SSSR count). The number of amides is 1. The summed E-state index contributed by atoms with van der Waals surface area (Å²) in [6.45, 7) is 3.34. The normalized spacial score (nSPS) is 12.4. The van der Waals surface area contributed by atoms with Gasteiger partial charge in [0.2, 0.25) is 5.91 Å². The molecule has 76 valence electrons. The molecule has 1 atom stereocenters. The summed E-state index contributed by atoms with van der Waals surface area (Å²) in [6.07, 6.45) is -1.28. The van der Waals surface area contributed by atoms with E-state index in [-0.39, 0.29) is 18.4 Å². The quantitative estimate of drug-likeness (QED) is 0.573. The van der Waals surface area contributed by atoms with E-state index < -0.39 is 12.1 Å². The van der Waals surface area contributed by atoms with Gasteiger partial charge in [-0.3, -0.25) is 4.79 Å². The monoisotopic (exact) mass is 189 g/mol. The van der Waals surface area contributed by atoms with Crippen molar-refractivity contribution >= 4 is 11.9 Å². The van der Waals surface area contributed by atoms with E-state index in [4.69, 9.17) is 5.11 Å². The lowest BCUT2D eigenvalue weighted by atomic mass is 10.2. The zero-order chi connectivity index (χ0) is 10.4. The number of aliphatic hydroxyl groups excluding tert-OH is 1. The first-order chi connectivity index (χ1) is 5.99. The number of nitrogens with one attached hydrogen (secondary N) is 1. The highest BCUT2D eigenvalue weighted by atomic mass is 16.5. The van der Waals surface area contributed by atoms with E-state index >= 15 is 0 Å². The van der Waals surface area contributed by atoms with Crippen LogP contribution in [0.15, 0.2) is 0 Å². The van der Waals surface area contributed by atoms with E-state index in [2.05, 4.69) is 10.1 Å². The predicted octanol–water partition coefficient (Wildman–Crippen LogP) is -0.708. The lowest BCUT2D eigenvalue weighted by molar-refractivity contribution is -0.150. The van der Waals surface area contributed by atoms with Crippen molar-refractivity contribution in [1.29, 1.82) is 0 Å². The highest BCUT2D eigenvalue weighted by Gasteiger charge is 2.16. The molecular weight excluding hydrogens is 174 g/mol. The third-order valence-corrected chi connectivity index (χ3v) is 1.47. The Kier molecular flexibility index (Phi) is 5.06. The first kappa shape index (κ1) is 11.9. The molecule has 0 aliphatic heterocycles. The van der Waals surface area contributed by atoms with E-state index in [1.165, 1.54) is 7.11 Å². The first-order valence-electron chi connectivity index (χ1n) is 4.02. The van der Waals surface area contributed by atoms with Crippen LogP contribution >= 0.6 is 0 Å². The molecule has 0 aromatic rings. The Labute approximate surface area is 77.1 Å². The van der Waals surface area contributed by atoms with Crippen LogP contribution in [-0.2, 0) is 14.3 Å². The third kappa shape index (κ3) is 4.47. The molecule has 13 heavy (non-hydrogen) atoms. The van der Waals surface area contributed by atoms with Gasteiger partial charge >= 0.3 is 5.97 Å². The maximum Gasteiger partial charge on any atom is 0.336 e. The molecule has 0 saturated carbocycles. The number of ether oxygens (including phenoxy) is 1. The molecule has 5 heteroatoms. The Bertz CT molecular complexity index is 191. The number of aliphatic hydroxyl groups is 1. The van der Waals surface area contributed by atoms with Crippen LogP contribution in [0, 0.1) is 5.92 Å². The van der Waals surface area contributed by atoms with Crippen molar-refractivity contribution in [2.75, 3.05) is 13.7 Å². The van der Waals surface area contributed by atoms with Gasteiger partial charge in [0.1, 0.15) is 0 Å². The fourth-order valence-electron chi connectivity index (χ4n) is 0.621. The van der Waals surface area contributed by atoms with E-state index in [1.807, 2.05) is 0 Å². The van der Waals surface area contributed by atoms with Crippen LogP contribution in [0.5, 0.6) is 0 Å². The summed E-state index contributed by atoms with van der Waals surface area (Å²) in [4.78, 5) is 21.7. The molecule has 2 N–H and O–H groups in total. The van der Waals surface area contributed by atoms with Gasteiger partial charge in [0, 0.05) is 5.92 Å². The number of hydrogen-bond donors (Lipinski definition) is 2. The Balaban J connectivity index is 3.76. The third-order valence-electron chi connectivity index (χ3n) is 1.47. The summed E-state index contributed by atoms with van der Waals surface area (Å²) in [6, 6.07) is 0. The largest absolute Gasteiger partial charge is 0.467 e. The van der Waals surface area contributed by atoms with Crippen LogP contribution in [0.2, 0.25) is 0 Å². The molecule has 0 bridgehead atoms. The van der Waals surface area contributed by atoms with Gasteiger partial charge in [0.05, 0.1) is 13.7 Å². The molecule has 0 heterocycles. The Hall–Kier alpha value is -1.10. The maximum atomic E-state index is 11.0. The number of methoxy groups -OCH3 is 1. The van der Waals surface area contributed by atoms with Gasteiger partial charge in [-0.1, -0.05) is 13.8 Å². The van der Waals surface area contributed by atoms with Crippen LogP contribution in [0.3, 0.4) is 0 Å². The van der Waals surface area contributed by atoms with Crippen LogP contribution < -0.4 is 5.32 Å². The lowest BCUT2D eigenvalue weighted by Gasteiger charge is -2.10. The maximum absolute atomic E-state index is 11.0. The van der Waals surface area contributed by atoms with Gasteiger partial charge in [-0.25, -0.2) is 4.79 Å². The summed E-state index contributed by atoms with van der Waals surface area (Å²) in [5.74, 6) is -1.11. The standard InChI is InChI=1S/C8H15NO4/c1-5(2)7(11)9-4-6(10)8(12)13-3/h5-6,10H,4H2,1-3H3,(H,9,11). The molecule has 1 unspecified atom stereocenters. The lowest BCUT2D eigenvalue weighted by Crippen LogP contribution is -2.38. The van der Waals surface area contributed by atoms with Crippen molar-refractivity contribution < 1.29 is 19.4 Å². The van der Waals surface area contributed by atoms with Crippen molar-refractivity contribution in [2.45, 2.75) is 20.0 Å². The summed E-state index contributed by atoms with van der Waals surface area (Å²) in [5.41, 5.74) is 0. The topological polar surface area (TPSA) is 75.6 Å². The van der Waals surface area contributed by atoms with Crippen molar-refractivity contribution in [3.63, 3.8) is 0 Å². The highest BCUT2D eigenvalue weighted by molar-refractivity contribution is 5.79. The van der Waals surface area contributed by atoms with Gasteiger partial charge in [-0.05, 0) is 0 Å². The molecule has 0 aliphatic carbocycles. The van der Waals surface area contributed by atoms with Crippen LogP contribution in [0.4, 0.5) is 0 Å². The average Bonchev–Trinajstić information content (AvgIpc) is 2.11. The summed E-state index contributed by atoms with van der Waals surface area (Å²) in [5, 5.41) is 11.5. The molecule has 0 aromatic carbocycles. The minimum atomic E-state index is -1.28. The molecule has 0 aliphatic rings. The van der Waals surface area contributed by atoms with Gasteiger partial charge in [0.25, 0.3) is 0 Å². The Morgan fingerprint density at radius 1 is 1.46 bits per heavy atom. The summed E-state index contributed by atoms with van der Waals surface area (Å²) < 4.78 is 4.26. The van der Waals surface area contributed by atoms with Crippen LogP contribution in [0.25, 0.3) is 0 Å². The number of hydrogen-bond acceptors (Lipinski definition) is 4. The Morgan fingerprint density at radius 3 is 2.38 bits per heavy atom. The van der Waals surface area contributed by atoms with Gasteiger partial charge in [0.15, 0.2) is 6.10 Å². The van der Waals surface area contributed by atoms with Gasteiger partial charge in [-0.15, -0.1) is 0 Å². The molecule has 0 aromatic heterocycles. The van der Waals surface area contributed by atoms with E-state index in [9.17, 15) is 9.59 Å². The van der Waals surface area contributed by atoms with E-state index in [0.717, 1.165) is 0 Å². The predicted molar refractivity (Wildman–Crippen MR) is 45.9 cm³/mol. The Morgan fingerprint density at radius 2 is 2.00 bits per heavy atom. The molecule has 1 amide bonds. The van der Waals surface area contributed by atoms with Gasteiger partial charge in [-0.2, -0.15) is 0 Å². The minimum Gasteiger partial charge on any atom is -0.467 e. The number of carbonyl (C=O) groups is 2. The van der Waals surface area contributed by atoms with E-state index in [0.29, 0.717) is 0 Å². The fourth-order valence-corrected chi connectivity index (χ4v) is 0.621. The van der Waals surface area contributed by atoms with Crippen LogP contribution in [0.1, 0.15) is 13.8 Å². The molecule has 0 radical (unpaired) electrons. The van der Waals surface area contributed by atoms with Gasteiger partial charge < -0.3 is 15.2 Å². The zero-order valence-electron chi connectivity index (χ0n) is 8.03. The zero-order valence-corrected chi connectivity index (χ0v) is 8.03. The first-order valence-corrected chi connectivity index (χ1v) is 4.02. The molecule has 0 saturated heterocycles. The molecule has 0 spiro atoms. The van der Waals surface area contributed by atoms with Crippen molar-refractivity contribution in [3.05, 3.63) is 0 Å². The highest BCUT2D eigenvalue weighted by Crippen LogP contribution is 1.91. The smallest absolute Gasteiger partial charge is 0.336 e. The second-order valence-electron chi connectivity index (χ2n) is 2.94. The SMILES string of the molecule is COC(=O)C(O)CNC(=O)C(C)C. The minimum absolute atomic E-state index is 0.107. The van der Waals surface area contributed by atoms with Crippen molar-refractivity contribution in [2.24, 2.45) is 5.92 Å². The summed E-state index contributed by atoms with van der Waals surface area (Å²) >= 11 is 0. The second-order valence-corrected chi connectivity index (χ2v) is 2.94. The fraction of sp³-hybridized carbons (Fsp3) is 0.750. The van der Waals surface area contributed by atoms with Crippen molar-refractivity contribution in [3.8, 4) is 0 Å². The van der Waals surface area contributed by atoms with E-state index in [1.54, 1.807) is 13.8 Å². The van der Waals surface area contributed by atoms with Crippen LogP contribution in [-0.4, -0.2) is 36.7 Å². The summed E-state index contributed by atoms with van der Waals surface area (Å²) in [7, 11) is 1.18. The molecule has 0 fully saturated rings. The molecule has 5 nitrogen and oxygen atoms in total. The number of carbonyl (C=O) groups excluding carboxylic acids is 2. The average molecular weight is 189 g/mol. The van der Waals surface area contributed by atoms with Crippen molar-refractivity contribution in [1.82, 2.24) is 5.32 Å². The second kappa shape index (κ2) is 5.53. The number of esters is 1.